The van der Waals surface area contributed by atoms with Gasteiger partial charge in [-0.1, -0.05) is 45.0 Å². The summed E-state index contributed by atoms with van der Waals surface area (Å²) in [6.45, 7) is 6.44. The second kappa shape index (κ2) is 4.44. The molecule has 2 aromatic heterocycles. The van der Waals surface area contributed by atoms with E-state index in [-0.39, 0.29) is 5.41 Å². The van der Waals surface area contributed by atoms with Gasteiger partial charge in [0.1, 0.15) is 0 Å². The Kier molecular flexibility index (Phi) is 2.83. The Morgan fingerprint density at radius 1 is 1.05 bits per heavy atom. The van der Waals surface area contributed by atoms with Gasteiger partial charge in [-0.15, -0.1) is 0 Å². The van der Waals surface area contributed by atoms with E-state index in [1.807, 2.05) is 24.3 Å². The highest BCUT2D eigenvalue weighted by Gasteiger charge is 2.14. The van der Waals surface area contributed by atoms with Crippen molar-refractivity contribution < 1.29 is 0 Å². The van der Waals surface area contributed by atoms with E-state index in [0.717, 1.165) is 15.6 Å². The molecule has 6 heteroatoms. The molecule has 0 saturated carbocycles. The van der Waals surface area contributed by atoms with Crippen molar-refractivity contribution in [3.8, 4) is 11.1 Å². The molecule has 0 aliphatic rings. The van der Waals surface area contributed by atoms with Crippen molar-refractivity contribution in [2.24, 2.45) is 0 Å². The molecule has 0 spiro atoms. The first-order valence-electron chi connectivity index (χ1n) is 6.67. The number of hydrogen-bond acceptors (Lipinski definition) is 3. The summed E-state index contributed by atoms with van der Waals surface area (Å²) in [5.74, 6) is 0. The molecule has 0 aliphatic heterocycles. The first-order valence-corrected chi connectivity index (χ1v) is 6.67. The summed E-state index contributed by atoms with van der Waals surface area (Å²) >= 11 is 0. The average molecular weight is 284 g/mol. The zero-order valence-corrected chi connectivity index (χ0v) is 12.1. The predicted molar refractivity (Wildman–Crippen MR) is 80.6 cm³/mol. The topological polar surface area (TPSA) is 83.0 Å². The van der Waals surface area contributed by atoms with E-state index >= 15 is 0 Å². The van der Waals surface area contributed by atoms with Crippen LogP contribution in [-0.2, 0) is 5.41 Å². The lowest BCUT2D eigenvalue weighted by Gasteiger charge is -2.19. The van der Waals surface area contributed by atoms with Crippen LogP contribution in [0.25, 0.3) is 16.8 Å². The number of benzene rings is 1. The number of aromatic amines is 2. The third-order valence-electron chi connectivity index (χ3n) is 3.48. The highest BCUT2D eigenvalue weighted by Crippen LogP contribution is 2.27. The zero-order valence-electron chi connectivity index (χ0n) is 12.1. The molecule has 2 N–H and O–H groups in total. The molecule has 0 unspecified atom stereocenters. The Hall–Kier alpha value is -2.63. The lowest BCUT2D eigenvalue weighted by Crippen LogP contribution is -2.28. The molecule has 6 nitrogen and oxygen atoms in total. The number of H-pyrrole nitrogens is 2. The molecule has 3 aromatic rings. The summed E-state index contributed by atoms with van der Waals surface area (Å²) in [6.07, 6.45) is 1.58. The van der Waals surface area contributed by atoms with Gasteiger partial charge >= 0.3 is 11.4 Å². The maximum atomic E-state index is 11.7. The lowest BCUT2D eigenvalue weighted by molar-refractivity contribution is 0.590. The molecular formula is C15H16N4O2. The summed E-state index contributed by atoms with van der Waals surface area (Å²) in [4.78, 5) is 27.8. The minimum absolute atomic E-state index is 0.0745. The van der Waals surface area contributed by atoms with E-state index in [9.17, 15) is 9.59 Å². The van der Waals surface area contributed by atoms with Gasteiger partial charge in [0.05, 0.1) is 6.20 Å². The standard InChI is InChI=1S/C15H16N4O2/c1-15(2,3)10-6-4-9(5-7-10)11-8-16-19-12(11)17-13(20)18-14(19)21/h4-8H,1-3H3,(H2,17,18,20,21). The average Bonchev–Trinajstić information content (AvgIpc) is 2.82. The van der Waals surface area contributed by atoms with Gasteiger partial charge in [-0.2, -0.15) is 9.61 Å². The fraction of sp³-hybridized carbons (Fsp3) is 0.267. The van der Waals surface area contributed by atoms with Crippen molar-refractivity contribution in [1.29, 1.82) is 0 Å². The Morgan fingerprint density at radius 2 is 1.71 bits per heavy atom. The number of nitrogens with zero attached hydrogens (tertiary/aromatic N) is 2. The molecule has 3 rings (SSSR count). The molecule has 1 aromatic carbocycles. The van der Waals surface area contributed by atoms with Gasteiger partial charge in [-0.3, -0.25) is 9.97 Å². The normalized spacial score (nSPS) is 12.0. The molecule has 0 amide bonds. The van der Waals surface area contributed by atoms with Crippen LogP contribution >= 0.6 is 0 Å². The second-order valence-electron chi connectivity index (χ2n) is 6.03. The van der Waals surface area contributed by atoms with Gasteiger partial charge in [-0.25, -0.2) is 9.59 Å². The smallest absolute Gasteiger partial charge is 0.291 e. The first kappa shape index (κ1) is 13.4. The largest absolute Gasteiger partial charge is 0.352 e. The van der Waals surface area contributed by atoms with Gasteiger partial charge in [0.2, 0.25) is 0 Å². The molecule has 2 heterocycles. The number of nitrogens with one attached hydrogen (secondary N) is 2. The summed E-state index contributed by atoms with van der Waals surface area (Å²) in [6, 6.07) is 8.03. The van der Waals surface area contributed by atoms with Crippen LogP contribution in [0.5, 0.6) is 0 Å². The van der Waals surface area contributed by atoms with Crippen molar-refractivity contribution in [2.45, 2.75) is 26.2 Å². The fourth-order valence-corrected chi connectivity index (χ4v) is 2.27. The molecule has 0 bridgehead atoms. The molecule has 108 valence electrons. The van der Waals surface area contributed by atoms with Crippen LogP contribution in [-0.4, -0.2) is 19.6 Å². The van der Waals surface area contributed by atoms with Gasteiger partial charge < -0.3 is 0 Å². The number of rotatable bonds is 1. The maximum Gasteiger partial charge on any atom is 0.352 e. The van der Waals surface area contributed by atoms with E-state index < -0.39 is 11.4 Å². The van der Waals surface area contributed by atoms with Crippen LogP contribution in [0.15, 0.2) is 40.1 Å². The van der Waals surface area contributed by atoms with Gasteiger partial charge in [-0.05, 0) is 16.5 Å². The molecular weight excluding hydrogens is 268 g/mol. The van der Waals surface area contributed by atoms with E-state index in [4.69, 9.17) is 0 Å². The summed E-state index contributed by atoms with van der Waals surface area (Å²) in [5, 5.41) is 4.01. The highest BCUT2D eigenvalue weighted by molar-refractivity contribution is 5.76. The Morgan fingerprint density at radius 3 is 2.33 bits per heavy atom. The summed E-state index contributed by atoms with van der Waals surface area (Å²) in [5.41, 5.74) is 2.22. The molecule has 0 atom stereocenters. The Labute approximate surface area is 120 Å². The highest BCUT2D eigenvalue weighted by atomic mass is 16.2. The van der Waals surface area contributed by atoms with Crippen molar-refractivity contribution in [1.82, 2.24) is 19.6 Å². The second-order valence-corrected chi connectivity index (χ2v) is 6.03. The number of aromatic nitrogens is 4. The molecule has 21 heavy (non-hydrogen) atoms. The lowest BCUT2D eigenvalue weighted by atomic mass is 9.86. The van der Waals surface area contributed by atoms with Crippen molar-refractivity contribution in [3.63, 3.8) is 0 Å². The van der Waals surface area contributed by atoms with Crippen LogP contribution in [0.1, 0.15) is 26.3 Å². The summed E-state index contributed by atoms with van der Waals surface area (Å²) < 4.78 is 1.15. The quantitative estimate of drug-likeness (QED) is 0.713. The third-order valence-corrected chi connectivity index (χ3v) is 3.48. The van der Waals surface area contributed by atoms with Gasteiger partial charge in [0.25, 0.3) is 0 Å². The van der Waals surface area contributed by atoms with Crippen molar-refractivity contribution in [3.05, 3.63) is 57.0 Å². The maximum absolute atomic E-state index is 11.7. The first-order chi connectivity index (χ1) is 9.86. The van der Waals surface area contributed by atoms with Gasteiger partial charge in [0.15, 0.2) is 5.65 Å². The Bertz CT molecular complexity index is 908. The predicted octanol–water partition coefficient (Wildman–Crippen LogP) is 1.68. The number of fused-ring (bicyclic) bond motifs is 1. The minimum Gasteiger partial charge on any atom is -0.291 e. The van der Waals surface area contributed by atoms with E-state index in [0.29, 0.717) is 5.65 Å². The van der Waals surface area contributed by atoms with E-state index in [1.54, 1.807) is 6.20 Å². The third kappa shape index (κ3) is 2.29. The van der Waals surface area contributed by atoms with Crippen molar-refractivity contribution >= 4 is 5.65 Å². The number of hydrogen-bond donors (Lipinski definition) is 2. The minimum atomic E-state index is -0.550. The zero-order chi connectivity index (χ0) is 15.2. The van der Waals surface area contributed by atoms with Crippen molar-refractivity contribution in [2.75, 3.05) is 0 Å². The summed E-state index contributed by atoms with van der Waals surface area (Å²) in [7, 11) is 0. The van der Waals surface area contributed by atoms with Crippen LogP contribution in [0, 0.1) is 0 Å². The Balaban J connectivity index is 2.17. The molecule has 0 radical (unpaired) electrons. The fourth-order valence-electron chi connectivity index (χ4n) is 2.27. The van der Waals surface area contributed by atoms with E-state index in [1.165, 1.54) is 5.56 Å². The SMILES string of the molecule is CC(C)(C)c1ccc(-c2cnn3c(=O)[nH]c(=O)[nH]c23)cc1. The van der Waals surface area contributed by atoms with Crippen LogP contribution in [0.2, 0.25) is 0 Å². The van der Waals surface area contributed by atoms with Crippen LogP contribution in [0.4, 0.5) is 0 Å². The van der Waals surface area contributed by atoms with Crippen LogP contribution < -0.4 is 11.4 Å². The van der Waals surface area contributed by atoms with Crippen LogP contribution in [0.3, 0.4) is 0 Å². The molecule has 0 fully saturated rings. The monoisotopic (exact) mass is 284 g/mol. The van der Waals surface area contributed by atoms with E-state index in [2.05, 4.69) is 35.8 Å². The molecule has 0 aliphatic carbocycles. The van der Waals surface area contributed by atoms with Gasteiger partial charge in [0, 0.05) is 5.56 Å². The molecule has 0 saturated heterocycles.